The molecule has 0 spiro atoms. The van der Waals surface area contributed by atoms with Crippen molar-refractivity contribution in [2.45, 2.75) is 0 Å². The van der Waals surface area contributed by atoms with E-state index in [-0.39, 0.29) is 0 Å². The van der Waals surface area contributed by atoms with E-state index < -0.39 is 0 Å². The van der Waals surface area contributed by atoms with Crippen LogP contribution in [0.1, 0.15) is 0 Å². The molecule has 1 heteroatoms. The molecule has 1 aromatic heterocycles. The molecule has 0 amide bonds. The Bertz CT molecular complexity index is 2790. The minimum atomic E-state index is 0.910. The van der Waals surface area contributed by atoms with Crippen LogP contribution in [0.3, 0.4) is 0 Å². The van der Waals surface area contributed by atoms with E-state index in [0.717, 1.165) is 16.6 Å². The number of furan rings is 1. The molecule has 0 aliphatic carbocycles. The standard InChI is InChI=1S/C46H28O/c1-3-17-31-29(14-1)16-13-26-33(31)34-19-5-6-20-35(34)43-36-21-7-9-23-38(36)44(39-24-10-8-22-37(39)43)46-32-18-4-2-15-30(32)28-42-45(46)40-25-11-12-27-41(40)47-42/h1-28H. The molecule has 0 atom stereocenters. The van der Waals surface area contributed by atoms with Gasteiger partial charge in [0.05, 0.1) is 0 Å². The van der Waals surface area contributed by atoms with E-state index in [1.54, 1.807) is 0 Å². The highest BCUT2D eigenvalue weighted by Gasteiger charge is 2.23. The first-order valence-corrected chi connectivity index (χ1v) is 16.2. The van der Waals surface area contributed by atoms with Crippen molar-refractivity contribution in [3.63, 3.8) is 0 Å². The first-order valence-electron chi connectivity index (χ1n) is 16.2. The number of hydrogen-bond acceptors (Lipinski definition) is 1. The Morgan fingerprint density at radius 3 is 1.49 bits per heavy atom. The lowest BCUT2D eigenvalue weighted by Gasteiger charge is -2.21. The highest BCUT2D eigenvalue weighted by Crippen LogP contribution is 2.50. The van der Waals surface area contributed by atoms with Gasteiger partial charge >= 0.3 is 0 Å². The van der Waals surface area contributed by atoms with Crippen LogP contribution in [0.15, 0.2) is 174 Å². The maximum Gasteiger partial charge on any atom is 0.136 e. The zero-order valence-corrected chi connectivity index (χ0v) is 25.6. The van der Waals surface area contributed by atoms with Crippen LogP contribution in [-0.4, -0.2) is 0 Å². The van der Waals surface area contributed by atoms with Gasteiger partial charge in [0.1, 0.15) is 11.2 Å². The molecule has 0 aliphatic rings. The van der Waals surface area contributed by atoms with Crippen LogP contribution in [0.5, 0.6) is 0 Å². The monoisotopic (exact) mass is 596 g/mol. The van der Waals surface area contributed by atoms with Crippen LogP contribution >= 0.6 is 0 Å². The summed E-state index contributed by atoms with van der Waals surface area (Å²) >= 11 is 0. The molecule has 10 rings (SSSR count). The van der Waals surface area contributed by atoms with Crippen LogP contribution in [-0.2, 0) is 0 Å². The Labute approximate surface area is 271 Å². The van der Waals surface area contributed by atoms with Crippen LogP contribution < -0.4 is 0 Å². The van der Waals surface area contributed by atoms with Crippen molar-refractivity contribution < 1.29 is 4.42 Å². The van der Waals surface area contributed by atoms with Gasteiger partial charge in [0, 0.05) is 16.3 Å². The molecular formula is C46H28O. The molecule has 0 N–H and O–H groups in total. The second-order valence-corrected chi connectivity index (χ2v) is 12.4. The van der Waals surface area contributed by atoms with Crippen molar-refractivity contribution in [2.24, 2.45) is 0 Å². The SMILES string of the molecule is c1ccc(-c2c3ccccc3c(-c3c4ccccc4cc4oc5ccccc5c34)c3ccccc23)c(-c2cccc3ccccc23)c1. The molecule has 0 saturated carbocycles. The quantitative estimate of drug-likeness (QED) is 0.185. The van der Waals surface area contributed by atoms with Crippen molar-refractivity contribution in [3.05, 3.63) is 170 Å². The second kappa shape index (κ2) is 10.2. The average molecular weight is 597 g/mol. The number of rotatable bonds is 3. The van der Waals surface area contributed by atoms with E-state index in [2.05, 4.69) is 170 Å². The zero-order chi connectivity index (χ0) is 30.9. The van der Waals surface area contributed by atoms with E-state index in [1.165, 1.54) is 81.9 Å². The third-order valence-corrected chi connectivity index (χ3v) is 9.85. The number of benzene rings is 9. The largest absolute Gasteiger partial charge is 0.456 e. The highest BCUT2D eigenvalue weighted by atomic mass is 16.3. The molecule has 1 heterocycles. The van der Waals surface area contributed by atoms with Gasteiger partial charge in [0.25, 0.3) is 0 Å². The summed E-state index contributed by atoms with van der Waals surface area (Å²) in [4.78, 5) is 0. The summed E-state index contributed by atoms with van der Waals surface area (Å²) in [5.74, 6) is 0. The van der Waals surface area contributed by atoms with Crippen molar-refractivity contribution in [3.8, 4) is 33.4 Å². The van der Waals surface area contributed by atoms with E-state index in [9.17, 15) is 0 Å². The summed E-state index contributed by atoms with van der Waals surface area (Å²) in [6.45, 7) is 0. The van der Waals surface area contributed by atoms with Gasteiger partial charge in [0.2, 0.25) is 0 Å². The molecule has 0 unspecified atom stereocenters. The first kappa shape index (κ1) is 26.1. The molecule has 1 nitrogen and oxygen atoms in total. The van der Waals surface area contributed by atoms with Gasteiger partial charge in [-0.15, -0.1) is 0 Å². The Kier molecular flexibility index (Phi) is 5.64. The molecular weight excluding hydrogens is 569 g/mol. The summed E-state index contributed by atoms with van der Waals surface area (Å²) in [6.07, 6.45) is 0. The molecule has 0 fully saturated rings. The van der Waals surface area contributed by atoms with Crippen LogP contribution in [0.2, 0.25) is 0 Å². The van der Waals surface area contributed by atoms with Crippen LogP contribution in [0, 0.1) is 0 Å². The lowest BCUT2D eigenvalue weighted by Crippen LogP contribution is -1.94. The third kappa shape index (κ3) is 3.84. The second-order valence-electron chi connectivity index (χ2n) is 12.4. The molecule has 0 aliphatic heterocycles. The van der Waals surface area contributed by atoms with Crippen molar-refractivity contribution >= 4 is 65.0 Å². The van der Waals surface area contributed by atoms with E-state index in [0.29, 0.717) is 0 Å². The predicted molar refractivity (Wildman–Crippen MR) is 200 cm³/mol. The predicted octanol–water partition coefficient (Wildman–Crippen LogP) is 13.2. The number of para-hydroxylation sites is 1. The van der Waals surface area contributed by atoms with Gasteiger partial charge in [-0.3, -0.25) is 0 Å². The number of fused-ring (bicyclic) bond motifs is 7. The van der Waals surface area contributed by atoms with Gasteiger partial charge in [-0.2, -0.15) is 0 Å². The van der Waals surface area contributed by atoms with Gasteiger partial charge in [0.15, 0.2) is 0 Å². The van der Waals surface area contributed by atoms with Gasteiger partial charge in [-0.1, -0.05) is 158 Å². The molecule has 9 aromatic carbocycles. The molecule has 0 bridgehead atoms. The molecule has 218 valence electrons. The zero-order valence-electron chi connectivity index (χ0n) is 25.6. The summed E-state index contributed by atoms with van der Waals surface area (Å²) in [5.41, 5.74) is 9.28. The number of hydrogen-bond donors (Lipinski definition) is 0. The minimum Gasteiger partial charge on any atom is -0.456 e. The van der Waals surface area contributed by atoms with E-state index >= 15 is 0 Å². The fourth-order valence-electron chi connectivity index (χ4n) is 7.89. The maximum atomic E-state index is 6.54. The third-order valence-electron chi connectivity index (χ3n) is 9.85. The summed E-state index contributed by atoms with van der Waals surface area (Å²) in [7, 11) is 0. The molecule has 10 aromatic rings. The highest BCUT2D eigenvalue weighted by molar-refractivity contribution is 6.30. The summed E-state index contributed by atoms with van der Waals surface area (Å²) < 4.78 is 6.54. The smallest absolute Gasteiger partial charge is 0.136 e. The Morgan fingerprint density at radius 2 is 0.766 bits per heavy atom. The normalized spacial score (nSPS) is 11.8. The lowest BCUT2D eigenvalue weighted by atomic mass is 9.81. The fraction of sp³-hybridized carbons (Fsp3) is 0. The maximum absolute atomic E-state index is 6.54. The van der Waals surface area contributed by atoms with Crippen LogP contribution in [0.25, 0.3) is 98.4 Å². The summed E-state index contributed by atoms with van der Waals surface area (Å²) in [5, 5.41) is 12.2. The van der Waals surface area contributed by atoms with E-state index in [1.807, 2.05) is 0 Å². The van der Waals surface area contributed by atoms with Crippen molar-refractivity contribution in [1.82, 2.24) is 0 Å². The van der Waals surface area contributed by atoms with Gasteiger partial charge in [-0.25, -0.2) is 0 Å². The average Bonchev–Trinajstić information content (AvgIpc) is 3.51. The molecule has 47 heavy (non-hydrogen) atoms. The fourth-order valence-corrected chi connectivity index (χ4v) is 7.89. The van der Waals surface area contributed by atoms with Gasteiger partial charge in [-0.05, 0) is 83.0 Å². The van der Waals surface area contributed by atoms with Crippen LogP contribution in [0.4, 0.5) is 0 Å². The molecule has 0 radical (unpaired) electrons. The van der Waals surface area contributed by atoms with Crippen molar-refractivity contribution in [1.29, 1.82) is 0 Å². The Balaban J connectivity index is 1.39. The van der Waals surface area contributed by atoms with Crippen molar-refractivity contribution in [2.75, 3.05) is 0 Å². The minimum absolute atomic E-state index is 0.910. The lowest BCUT2D eigenvalue weighted by molar-refractivity contribution is 0.669. The topological polar surface area (TPSA) is 13.1 Å². The summed E-state index contributed by atoms with van der Waals surface area (Å²) in [6, 6.07) is 61.5. The first-order chi connectivity index (χ1) is 23.3. The van der Waals surface area contributed by atoms with E-state index in [4.69, 9.17) is 4.42 Å². The van der Waals surface area contributed by atoms with Gasteiger partial charge < -0.3 is 4.42 Å². The Hall–Kier alpha value is -6.18. The Morgan fingerprint density at radius 1 is 0.277 bits per heavy atom. The molecule has 0 saturated heterocycles.